The highest BCUT2D eigenvalue weighted by atomic mass is 16.4. The highest BCUT2D eigenvalue weighted by Gasteiger charge is 2.45. The van der Waals surface area contributed by atoms with E-state index in [2.05, 4.69) is 0 Å². The van der Waals surface area contributed by atoms with Gasteiger partial charge in [0.05, 0.1) is 11.8 Å². The van der Waals surface area contributed by atoms with Crippen LogP contribution in [0.2, 0.25) is 0 Å². The maximum absolute atomic E-state index is 10.8. The zero-order valence-electron chi connectivity index (χ0n) is 7.73. The molecule has 0 bridgehead atoms. The highest BCUT2D eigenvalue weighted by Crippen LogP contribution is 2.41. The molecule has 0 radical (unpaired) electrons. The summed E-state index contributed by atoms with van der Waals surface area (Å²) in [6.07, 6.45) is 0.480. The number of hydrogen-bond donors (Lipinski definition) is 2. The lowest BCUT2D eigenvalue weighted by atomic mass is 9.89. The number of carbonyl (C=O) groups is 2. The van der Waals surface area contributed by atoms with Crippen molar-refractivity contribution in [1.82, 2.24) is 0 Å². The van der Waals surface area contributed by atoms with Crippen LogP contribution in [-0.2, 0) is 9.59 Å². The van der Waals surface area contributed by atoms with E-state index >= 15 is 0 Å². The van der Waals surface area contributed by atoms with E-state index < -0.39 is 23.8 Å². The van der Waals surface area contributed by atoms with Gasteiger partial charge < -0.3 is 10.2 Å². The van der Waals surface area contributed by atoms with Crippen molar-refractivity contribution in [2.24, 2.45) is 23.7 Å². The molecule has 0 aromatic rings. The molecule has 4 unspecified atom stereocenters. The Hall–Kier alpha value is -1.06. The Kier molecular flexibility index (Phi) is 2.59. The van der Waals surface area contributed by atoms with Crippen LogP contribution in [0.4, 0.5) is 0 Å². The molecule has 0 saturated heterocycles. The average molecular weight is 186 g/mol. The van der Waals surface area contributed by atoms with E-state index in [1.54, 1.807) is 13.8 Å². The van der Waals surface area contributed by atoms with Gasteiger partial charge in [-0.3, -0.25) is 9.59 Å². The molecule has 0 aromatic heterocycles. The summed E-state index contributed by atoms with van der Waals surface area (Å²) in [6, 6.07) is 0. The third-order valence-corrected chi connectivity index (χ3v) is 3.04. The van der Waals surface area contributed by atoms with Crippen LogP contribution in [0, 0.1) is 23.7 Å². The Bertz CT molecular complexity index is 236. The fraction of sp³-hybridized carbons (Fsp3) is 0.778. The van der Waals surface area contributed by atoms with Crippen molar-refractivity contribution < 1.29 is 19.8 Å². The first-order chi connectivity index (χ1) is 5.95. The van der Waals surface area contributed by atoms with Crippen molar-refractivity contribution in [1.29, 1.82) is 0 Å². The van der Waals surface area contributed by atoms with E-state index in [1.165, 1.54) is 0 Å². The van der Waals surface area contributed by atoms with Gasteiger partial charge in [-0.15, -0.1) is 0 Å². The van der Waals surface area contributed by atoms with Gasteiger partial charge in [-0.25, -0.2) is 0 Å². The highest BCUT2D eigenvalue weighted by molar-refractivity contribution is 5.76. The molecule has 0 aliphatic heterocycles. The van der Waals surface area contributed by atoms with Gasteiger partial charge in [-0.1, -0.05) is 13.8 Å². The molecule has 1 saturated carbocycles. The summed E-state index contributed by atoms with van der Waals surface area (Å²) in [4.78, 5) is 21.5. The number of carboxylic acid groups (broad SMARTS) is 2. The summed E-state index contributed by atoms with van der Waals surface area (Å²) in [7, 11) is 0. The third kappa shape index (κ3) is 1.66. The minimum atomic E-state index is -0.872. The van der Waals surface area contributed by atoms with Crippen LogP contribution in [0.25, 0.3) is 0 Å². The molecule has 4 atom stereocenters. The predicted octanol–water partition coefficient (Wildman–Crippen LogP) is 1.06. The molecule has 0 heterocycles. The first-order valence-electron chi connectivity index (χ1n) is 4.40. The lowest BCUT2D eigenvalue weighted by Crippen LogP contribution is -2.25. The minimum absolute atomic E-state index is 0.0337. The standard InChI is InChI=1S/C9H14O4/c1-4-3-6(8(10)11)5(2)7(4)9(12)13/h4-7H,3H2,1-2H3,(H,10,11)(H,12,13). The average Bonchev–Trinajstić information content (AvgIpc) is 2.26. The molecule has 4 nitrogen and oxygen atoms in total. The monoisotopic (exact) mass is 186 g/mol. The molecule has 74 valence electrons. The summed E-state index contributed by atoms with van der Waals surface area (Å²) in [5.74, 6) is -3.03. The van der Waals surface area contributed by atoms with Gasteiger partial charge in [0.25, 0.3) is 0 Å². The molecule has 0 aromatic carbocycles. The third-order valence-electron chi connectivity index (χ3n) is 3.04. The smallest absolute Gasteiger partial charge is 0.307 e. The van der Waals surface area contributed by atoms with Gasteiger partial charge in [-0.2, -0.15) is 0 Å². The van der Waals surface area contributed by atoms with Gasteiger partial charge in [0, 0.05) is 0 Å². The Morgan fingerprint density at radius 1 is 1.15 bits per heavy atom. The van der Waals surface area contributed by atoms with Crippen LogP contribution < -0.4 is 0 Å². The van der Waals surface area contributed by atoms with E-state index in [1.807, 2.05) is 0 Å². The maximum atomic E-state index is 10.8. The SMILES string of the molecule is CC1CC(C(=O)O)C(C)C1C(=O)O. The molecule has 2 N–H and O–H groups in total. The van der Waals surface area contributed by atoms with Gasteiger partial charge in [0.15, 0.2) is 0 Å². The van der Waals surface area contributed by atoms with E-state index in [4.69, 9.17) is 10.2 Å². The van der Waals surface area contributed by atoms with Crippen molar-refractivity contribution in [3.05, 3.63) is 0 Å². The van der Waals surface area contributed by atoms with Crippen LogP contribution in [0.3, 0.4) is 0 Å². The minimum Gasteiger partial charge on any atom is -0.481 e. The molecule has 0 spiro atoms. The lowest BCUT2D eigenvalue weighted by Gasteiger charge is -2.15. The van der Waals surface area contributed by atoms with E-state index in [0.717, 1.165) is 0 Å². The zero-order chi connectivity index (χ0) is 10.2. The Morgan fingerprint density at radius 2 is 1.69 bits per heavy atom. The second-order valence-corrected chi connectivity index (χ2v) is 3.88. The maximum Gasteiger partial charge on any atom is 0.307 e. The van der Waals surface area contributed by atoms with Crippen molar-refractivity contribution >= 4 is 11.9 Å². The van der Waals surface area contributed by atoms with Crippen LogP contribution in [0.5, 0.6) is 0 Å². The molecule has 1 fully saturated rings. The summed E-state index contributed by atoms with van der Waals surface area (Å²) < 4.78 is 0. The van der Waals surface area contributed by atoms with Gasteiger partial charge >= 0.3 is 11.9 Å². The van der Waals surface area contributed by atoms with Crippen molar-refractivity contribution in [3.8, 4) is 0 Å². The lowest BCUT2D eigenvalue weighted by molar-refractivity contribution is -0.146. The Morgan fingerprint density at radius 3 is 1.92 bits per heavy atom. The van der Waals surface area contributed by atoms with Crippen molar-refractivity contribution in [2.45, 2.75) is 20.3 Å². The number of carboxylic acids is 2. The predicted molar refractivity (Wildman–Crippen MR) is 45.2 cm³/mol. The molecular formula is C9H14O4. The molecule has 13 heavy (non-hydrogen) atoms. The summed E-state index contributed by atoms with van der Waals surface area (Å²) in [5, 5.41) is 17.7. The Balaban J connectivity index is 2.81. The second-order valence-electron chi connectivity index (χ2n) is 3.88. The summed E-state index contributed by atoms with van der Waals surface area (Å²) >= 11 is 0. The fourth-order valence-corrected chi connectivity index (χ4v) is 2.32. The quantitative estimate of drug-likeness (QED) is 0.676. The summed E-state index contributed by atoms with van der Waals surface area (Å²) in [6.45, 7) is 3.51. The molecule has 1 aliphatic rings. The molecule has 1 aliphatic carbocycles. The van der Waals surface area contributed by atoms with Crippen LogP contribution in [0.1, 0.15) is 20.3 Å². The van der Waals surface area contributed by atoms with E-state index in [9.17, 15) is 9.59 Å². The first-order valence-corrected chi connectivity index (χ1v) is 4.40. The fourth-order valence-electron chi connectivity index (χ4n) is 2.32. The second kappa shape index (κ2) is 3.36. The Labute approximate surface area is 76.6 Å². The van der Waals surface area contributed by atoms with E-state index in [-0.39, 0.29) is 11.8 Å². The van der Waals surface area contributed by atoms with E-state index in [0.29, 0.717) is 6.42 Å². The van der Waals surface area contributed by atoms with Crippen molar-refractivity contribution in [2.75, 3.05) is 0 Å². The normalized spacial score (nSPS) is 38.9. The first kappa shape index (κ1) is 10.0. The van der Waals surface area contributed by atoms with Gasteiger partial charge in [0.1, 0.15) is 0 Å². The molecule has 4 heteroatoms. The number of hydrogen-bond acceptors (Lipinski definition) is 2. The number of aliphatic carboxylic acids is 2. The van der Waals surface area contributed by atoms with Crippen LogP contribution >= 0.6 is 0 Å². The zero-order valence-corrected chi connectivity index (χ0v) is 7.73. The molecule has 1 rings (SSSR count). The topological polar surface area (TPSA) is 74.6 Å². The van der Waals surface area contributed by atoms with Gasteiger partial charge in [-0.05, 0) is 18.3 Å². The summed E-state index contributed by atoms with van der Waals surface area (Å²) in [5.41, 5.74) is 0. The number of rotatable bonds is 2. The van der Waals surface area contributed by atoms with Gasteiger partial charge in [0.2, 0.25) is 0 Å². The molecule has 0 amide bonds. The van der Waals surface area contributed by atoms with Crippen LogP contribution in [0.15, 0.2) is 0 Å². The van der Waals surface area contributed by atoms with Crippen molar-refractivity contribution in [3.63, 3.8) is 0 Å². The molecular weight excluding hydrogens is 172 g/mol. The largest absolute Gasteiger partial charge is 0.481 e. The van der Waals surface area contributed by atoms with Crippen LogP contribution in [-0.4, -0.2) is 22.2 Å².